The average molecular weight is 219 g/mol. The summed E-state index contributed by atoms with van der Waals surface area (Å²) in [5.74, 6) is 1.19. The molecule has 0 unspecified atom stereocenters. The van der Waals surface area contributed by atoms with Crippen LogP contribution in [0.4, 0.5) is 5.82 Å². The Hall–Kier alpha value is -2.04. The van der Waals surface area contributed by atoms with Crippen LogP contribution >= 0.6 is 0 Å². The minimum Gasteiger partial charge on any atom is -0.461 e. The molecule has 0 amide bonds. The first-order chi connectivity index (χ1) is 7.63. The molecule has 0 fully saturated rings. The number of aromatic amines is 1. The normalized spacial score (nSPS) is 10.6. The Kier molecular flexibility index (Phi) is 2.52. The van der Waals surface area contributed by atoms with Gasteiger partial charge in [0.15, 0.2) is 11.6 Å². The van der Waals surface area contributed by atoms with Gasteiger partial charge in [0.1, 0.15) is 5.82 Å². The fourth-order valence-corrected chi connectivity index (χ4v) is 1.58. The van der Waals surface area contributed by atoms with Gasteiger partial charge in [-0.05, 0) is 25.0 Å². The molecule has 2 aromatic rings. The molecular formula is C11H13N3O2. The van der Waals surface area contributed by atoms with Gasteiger partial charge in [-0.15, -0.1) is 0 Å². The molecule has 0 atom stereocenters. The van der Waals surface area contributed by atoms with E-state index >= 15 is 0 Å². The molecule has 0 saturated heterocycles. The van der Waals surface area contributed by atoms with Crippen molar-refractivity contribution < 1.29 is 4.42 Å². The monoisotopic (exact) mass is 219 g/mol. The first kappa shape index (κ1) is 10.5. The van der Waals surface area contributed by atoms with Crippen LogP contribution in [-0.4, -0.2) is 9.97 Å². The van der Waals surface area contributed by atoms with Crippen LogP contribution in [0.3, 0.4) is 0 Å². The summed E-state index contributed by atoms with van der Waals surface area (Å²) >= 11 is 0. The zero-order chi connectivity index (χ0) is 11.7. The maximum absolute atomic E-state index is 11.7. The van der Waals surface area contributed by atoms with Crippen molar-refractivity contribution in [2.75, 3.05) is 5.73 Å². The number of nitrogens with zero attached hydrogens (tertiary/aromatic N) is 1. The second kappa shape index (κ2) is 3.84. The molecule has 3 N–H and O–H groups in total. The number of hydrogen-bond acceptors (Lipinski definition) is 4. The SMILES string of the molecule is CCc1c(N)nc(-c2occc2C)[nH]c1=O. The lowest BCUT2D eigenvalue weighted by molar-refractivity contribution is 0.575. The van der Waals surface area contributed by atoms with Gasteiger partial charge in [0.05, 0.1) is 11.8 Å². The molecule has 0 aliphatic rings. The van der Waals surface area contributed by atoms with E-state index in [9.17, 15) is 4.79 Å². The Morgan fingerprint density at radius 3 is 2.81 bits per heavy atom. The third-order valence-electron chi connectivity index (χ3n) is 2.48. The van der Waals surface area contributed by atoms with Gasteiger partial charge in [-0.25, -0.2) is 4.98 Å². The van der Waals surface area contributed by atoms with Gasteiger partial charge in [-0.1, -0.05) is 6.92 Å². The van der Waals surface area contributed by atoms with E-state index in [2.05, 4.69) is 9.97 Å². The van der Waals surface area contributed by atoms with Crippen molar-refractivity contribution >= 4 is 5.82 Å². The zero-order valence-corrected chi connectivity index (χ0v) is 9.20. The lowest BCUT2D eigenvalue weighted by Crippen LogP contribution is -2.17. The van der Waals surface area contributed by atoms with Gasteiger partial charge in [0.25, 0.3) is 5.56 Å². The van der Waals surface area contributed by atoms with Crippen LogP contribution in [0.2, 0.25) is 0 Å². The lowest BCUT2D eigenvalue weighted by Gasteiger charge is -2.03. The van der Waals surface area contributed by atoms with Crippen molar-refractivity contribution in [3.05, 3.63) is 33.8 Å². The number of aryl methyl sites for hydroxylation is 1. The average Bonchev–Trinajstić information content (AvgIpc) is 2.64. The first-order valence-electron chi connectivity index (χ1n) is 5.06. The number of aromatic nitrogens is 2. The molecule has 5 nitrogen and oxygen atoms in total. The number of furan rings is 1. The number of nitrogens with one attached hydrogen (secondary N) is 1. The largest absolute Gasteiger partial charge is 0.461 e. The molecule has 2 aromatic heterocycles. The number of hydrogen-bond donors (Lipinski definition) is 2. The number of anilines is 1. The highest BCUT2D eigenvalue weighted by atomic mass is 16.3. The highest BCUT2D eigenvalue weighted by Gasteiger charge is 2.12. The van der Waals surface area contributed by atoms with E-state index in [4.69, 9.17) is 10.2 Å². The molecule has 84 valence electrons. The fourth-order valence-electron chi connectivity index (χ4n) is 1.58. The van der Waals surface area contributed by atoms with Crippen LogP contribution in [0, 0.1) is 6.92 Å². The van der Waals surface area contributed by atoms with Gasteiger partial charge in [0, 0.05) is 0 Å². The Labute approximate surface area is 92.3 Å². The zero-order valence-electron chi connectivity index (χ0n) is 9.20. The van der Waals surface area contributed by atoms with E-state index in [-0.39, 0.29) is 11.4 Å². The molecule has 0 radical (unpaired) electrons. The third kappa shape index (κ3) is 1.60. The predicted molar refractivity (Wildman–Crippen MR) is 61.1 cm³/mol. The van der Waals surface area contributed by atoms with Gasteiger partial charge >= 0.3 is 0 Å². The van der Waals surface area contributed by atoms with Crippen molar-refractivity contribution in [2.45, 2.75) is 20.3 Å². The molecule has 0 spiro atoms. The van der Waals surface area contributed by atoms with Crippen LogP contribution in [0.25, 0.3) is 11.6 Å². The highest BCUT2D eigenvalue weighted by Crippen LogP contribution is 2.20. The number of nitrogen functional groups attached to an aromatic ring is 1. The predicted octanol–water partition coefficient (Wildman–Crippen LogP) is 1.48. The molecule has 5 heteroatoms. The van der Waals surface area contributed by atoms with Gasteiger partial charge in [-0.3, -0.25) is 4.79 Å². The number of rotatable bonds is 2. The van der Waals surface area contributed by atoms with Crippen molar-refractivity contribution in [1.29, 1.82) is 0 Å². The summed E-state index contributed by atoms with van der Waals surface area (Å²) in [4.78, 5) is 18.5. The first-order valence-corrected chi connectivity index (χ1v) is 5.06. The van der Waals surface area contributed by atoms with Crippen LogP contribution in [0.1, 0.15) is 18.1 Å². The van der Waals surface area contributed by atoms with E-state index in [0.29, 0.717) is 23.6 Å². The molecule has 16 heavy (non-hydrogen) atoms. The minimum absolute atomic E-state index is 0.208. The van der Waals surface area contributed by atoms with E-state index < -0.39 is 0 Å². The molecule has 0 aliphatic heterocycles. The second-order valence-electron chi connectivity index (χ2n) is 3.56. The second-order valence-corrected chi connectivity index (χ2v) is 3.56. The maximum atomic E-state index is 11.7. The van der Waals surface area contributed by atoms with Gasteiger partial charge in [-0.2, -0.15) is 0 Å². The molecule has 0 saturated carbocycles. The van der Waals surface area contributed by atoms with Gasteiger partial charge in [0.2, 0.25) is 0 Å². The lowest BCUT2D eigenvalue weighted by atomic mass is 10.2. The van der Waals surface area contributed by atoms with E-state index in [1.807, 2.05) is 13.8 Å². The van der Waals surface area contributed by atoms with Crippen LogP contribution in [0.5, 0.6) is 0 Å². The Balaban J connectivity index is 2.61. The summed E-state index contributed by atoms with van der Waals surface area (Å²) in [5, 5.41) is 0. The molecule has 2 rings (SSSR count). The summed E-state index contributed by atoms with van der Waals surface area (Å²) < 4.78 is 5.25. The summed E-state index contributed by atoms with van der Waals surface area (Å²) in [6.45, 7) is 3.74. The quantitative estimate of drug-likeness (QED) is 0.801. The van der Waals surface area contributed by atoms with Gasteiger partial charge < -0.3 is 15.1 Å². The van der Waals surface area contributed by atoms with Crippen LogP contribution < -0.4 is 11.3 Å². The molecule has 2 heterocycles. The van der Waals surface area contributed by atoms with Crippen molar-refractivity contribution in [2.24, 2.45) is 0 Å². The standard InChI is InChI=1S/C11H13N3O2/c1-3-7-9(12)13-10(14-11(7)15)8-6(2)4-5-16-8/h4-5H,3H2,1-2H3,(H3,12,13,14,15). The van der Waals surface area contributed by atoms with Crippen molar-refractivity contribution in [3.63, 3.8) is 0 Å². The summed E-state index contributed by atoms with van der Waals surface area (Å²) in [6.07, 6.45) is 2.11. The number of nitrogens with two attached hydrogens (primary N) is 1. The number of H-pyrrole nitrogens is 1. The highest BCUT2D eigenvalue weighted by molar-refractivity contribution is 5.55. The summed E-state index contributed by atoms with van der Waals surface area (Å²) in [7, 11) is 0. The van der Waals surface area contributed by atoms with E-state index in [1.165, 1.54) is 0 Å². The van der Waals surface area contributed by atoms with E-state index in [1.54, 1.807) is 12.3 Å². The Morgan fingerprint density at radius 2 is 2.31 bits per heavy atom. The smallest absolute Gasteiger partial charge is 0.256 e. The third-order valence-corrected chi connectivity index (χ3v) is 2.48. The van der Waals surface area contributed by atoms with Crippen molar-refractivity contribution in [1.82, 2.24) is 9.97 Å². The Morgan fingerprint density at radius 1 is 1.56 bits per heavy atom. The topological polar surface area (TPSA) is 84.9 Å². The summed E-state index contributed by atoms with van der Waals surface area (Å²) in [6, 6.07) is 1.80. The minimum atomic E-state index is -0.208. The molecular weight excluding hydrogens is 206 g/mol. The fraction of sp³-hybridized carbons (Fsp3) is 0.273. The van der Waals surface area contributed by atoms with Crippen LogP contribution in [-0.2, 0) is 6.42 Å². The van der Waals surface area contributed by atoms with Crippen LogP contribution in [0.15, 0.2) is 21.5 Å². The molecule has 0 bridgehead atoms. The molecule has 0 aliphatic carbocycles. The summed E-state index contributed by atoms with van der Waals surface area (Å²) in [5.41, 5.74) is 6.92. The molecule has 0 aromatic carbocycles. The maximum Gasteiger partial charge on any atom is 0.256 e. The van der Waals surface area contributed by atoms with Crippen molar-refractivity contribution in [3.8, 4) is 11.6 Å². The Bertz CT molecular complexity index is 569. The van der Waals surface area contributed by atoms with E-state index in [0.717, 1.165) is 5.56 Å².